The highest BCUT2D eigenvalue weighted by Crippen LogP contribution is 2.34. The van der Waals surface area contributed by atoms with Crippen molar-refractivity contribution in [2.24, 2.45) is 0 Å². The molecule has 9 nitrogen and oxygen atoms in total. The number of ether oxygens (including phenoxy) is 1. The third-order valence-corrected chi connectivity index (χ3v) is 4.73. The van der Waals surface area contributed by atoms with Gasteiger partial charge in [-0.1, -0.05) is 6.92 Å². The number of nitrogens with one attached hydrogen (secondary N) is 1. The highest BCUT2D eigenvalue weighted by Gasteiger charge is 2.36. The maximum absolute atomic E-state index is 13.6. The highest BCUT2D eigenvalue weighted by molar-refractivity contribution is 6.03. The van der Waals surface area contributed by atoms with Crippen molar-refractivity contribution in [1.82, 2.24) is 24.7 Å². The van der Waals surface area contributed by atoms with Gasteiger partial charge in [-0.15, -0.1) is 0 Å². The molecule has 0 aliphatic carbocycles. The average Bonchev–Trinajstić information content (AvgIpc) is 3.39. The Bertz CT molecular complexity index is 1450. The number of rotatable bonds is 6. The molecule has 1 N–H and O–H groups in total. The van der Waals surface area contributed by atoms with E-state index >= 15 is 0 Å². The molecule has 4 aromatic rings. The second kappa shape index (κ2) is 12.7. The van der Waals surface area contributed by atoms with Gasteiger partial charge in [-0.25, -0.2) is 14.6 Å². The van der Waals surface area contributed by atoms with Crippen LogP contribution in [0.4, 0.5) is 32.2 Å². The molecule has 0 aliphatic heterocycles. The Labute approximate surface area is 223 Å². The lowest BCUT2D eigenvalue weighted by molar-refractivity contribution is -0.154. The van der Waals surface area contributed by atoms with Crippen LogP contribution in [-0.2, 0) is 6.18 Å². The summed E-state index contributed by atoms with van der Waals surface area (Å²) in [4.78, 5) is 23.8. The van der Waals surface area contributed by atoms with E-state index in [2.05, 4.69) is 30.1 Å². The fraction of sp³-hybridized carbons (Fsp3) is 0.200. The lowest BCUT2D eigenvalue weighted by Gasteiger charge is -2.11. The van der Waals surface area contributed by atoms with Crippen molar-refractivity contribution in [2.45, 2.75) is 25.7 Å². The average molecular weight is 563 g/mol. The van der Waals surface area contributed by atoms with Gasteiger partial charge in [0, 0.05) is 36.6 Å². The summed E-state index contributed by atoms with van der Waals surface area (Å²) < 4.78 is 82.6. The van der Waals surface area contributed by atoms with Crippen LogP contribution in [0.25, 0.3) is 16.9 Å². The zero-order chi connectivity index (χ0) is 29.3. The highest BCUT2D eigenvalue weighted by atomic mass is 19.4. The van der Waals surface area contributed by atoms with E-state index in [1.165, 1.54) is 30.6 Å². The second-order valence-corrected chi connectivity index (χ2v) is 7.72. The number of carbonyl (C=O) groups excluding carboxylic acids is 1. The summed E-state index contributed by atoms with van der Waals surface area (Å²) in [5, 5.41) is 14.1. The summed E-state index contributed by atoms with van der Waals surface area (Å²) >= 11 is 0. The van der Waals surface area contributed by atoms with Gasteiger partial charge in [0.05, 0.1) is 29.2 Å². The molecule has 0 fully saturated rings. The molecule has 0 radical (unpaired) electrons. The van der Waals surface area contributed by atoms with Gasteiger partial charge in [-0.05, 0) is 36.4 Å². The number of anilines is 1. The molecule has 4 heterocycles. The minimum Gasteiger partial charge on any atom is -0.468 e. The van der Waals surface area contributed by atoms with Gasteiger partial charge >= 0.3 is 12.4 Å². The zero-order valence-electron chi connectivity index (χ0n) is 20.5. The molecule has 0 saturated heterocycles. The van der Waals surface area contributed by atoms with Gasteiger partial charge in [0.25, 0.3) is 5.91 Å². The van der Waals surface area contributed by atoms with Crippen molar-refractivity contribution in [1.29, 1.82) is 5.26 Å². The predicted molar refractivity (Wildman–Crippen MR) is 129 cm³/mol. The minimum atomic E-state index is -4.71. The fourth-order valence-corrected chi connectivity index (χ4v) is 2.96. The van der Waals surface area contributed by atoms with Gasteiger partial charge < -0.3 is 10.1 Å². The first-order valence-electron chi connectivity index (χ1n) is 11.3. The first-order chi connectivity index (χ1) is 18.9. The number of aromatic nitrogens is 5. The molecule has 0 aromatic carbocycles. The number of amides is 1. The standard InChI is InChI=1S/C22H14F6N6O2.C3H5N/c23-21(24,25)12-36-19-6-3-14(10-31-19)20(35)32-18-5-4-15(11-30-18)34-17(22(26,27)28)8-16(33-34)13-2-1-7-29-9-13;1-2-3-4/h1-11H,12H2,(H,30,32,35);2H2,1H3. The van der Waals surface area contributed by atoms with E-state index in [0.29, 0.717) is 16.7 Å². The molecule has 4 rings (SSSR count). The van der Waals surface area contributed by atoms with E-state index in [0.717, 1.165) is 24.5 Å². The monoisotopic (exact) mass is 563 g/mol. The van der Waals surface area contributed by atoms with Gasteiger partial charge in [0.2, 0.25) is 5.88 Å². The maximum Gasteiger partial charge on any atom is 0.433 e. The summed E-state index contributed by atoms with van der Waals surface area (Å²) in [6, 6.07) is 10.8. The Morgan fingerprint density at radius 2 is 1.80 bits per heavy atom. The van der Waals surface area contributed by atoms with Crippen molar-refractivity contribution in [2.75, 3.05) is 11.9 Å². The summed E-state index contributed by atoms with van der Waals surface area (Å²) in [7, 11) is 0. The summed E-state index contributed by atoms with van der Waals surface area (Å²) in [6.45, 7) is 0.290. The van der Waals surface area contributed by atoms with Crippen molar-refractivity contribution in [3.05, 3.63) is 78.5 Å². The molecule has 15 heteroatoms. The number of hydrogen-bond acceptors (Lipinski definition) is 7. The van der Waals surface area contributed by atoms with Crippen LogP contribution in [0.15, 0.2) is 67.3 Å². The van der Waals surface area contributed by atoms with Gasteiger partial charge in [-0.2, -0.15) is 36.7 Å². The summed E-state index contributed by atoms with van der Waals surface area (Å²) in [5.41, 5.74) is -0.597. The van der Waals surface area contributed by atoms with Crippen LogP contribution in [0, 0.1) is 11.3 Å². The quantitative estimate of drug-likeness (QED) is 0.292. The van der Waals surface area contributed by atoms with Crippen LogP contribution >= 0.6 is 0 Å². The third-order valence-electron chi connectivity index (χ3n) is 4.73. The third kappa shape index (κ3) is 8.25. The second-order valence-electron chi connectivity index (χ2n) is 7.72. The smallest absolute Gasteiger partial charge is 0.433 e. The van der Waals surface area contributed by atoms with E-state index < -0.39 is 30.6 Å². The molecular formula is C25H19F6N7O2. The van der Waals surface area contributed by atoms with Crippen molar-refractivity contribution in [3.63, 3.8) is 0 Å². The normalized spacial score (nSPS) is 11.2. The number of halogens is 6. The molecule has 1 amide bonds. The van der Waals surface area contributed by atoms with Crippen LogP contribution in [0.5, 0.6) is 5.88 Å². The lowest BCUT2D eigenvalue weighted by atomic mass is 10.2. The molecule has 0 atom stereocenters. The molecule has 40 heavy (non-hydrogen) atoms. The Balaban J connectivity index is 0.00000103. The molecule has 0 unspecified atom stereocenters. The number of nitrogens with zero attached hydrogens (tertiary/aromatic N) is 6. The number of hydrogen-bond donors (Lipinski definition) is 1. The van der Waals surface area contributed by atoms with Crippen molar-refractivity contribution >= 4 is 11.7 Å². The van der Waals surface area contributed by atoms with Crippen LogP contribution in [-0.4, -0.2) is 43.4 Å². The molecule has 0 aliphatic rings. The van der Waals surface area contributed by atoms with E-state index in [1.54, 1.807) is 12.1 Å². The zero-order valence-corrected chi connectivity index (χ0v) is 20.5. The van der Waals surface area contributed by atoms with Crippen LogP contribution < -0.4 is 10.1 Å². The van der Waals surface area contributed by atoms with Gasteiger partial charge in [-0.3, -0.25) is 9.78 Å². The Hall–Kier alpha value is -5.00. The van der Waals surface area contributed by atoms with Crippen LogP contribution in [0.2, 0.25) is 0 Å². The number of pyridine rings is 3. The topological polar surface area (TPSA) is 119 Å². The molecular weight excluding hydrogens is 544 g/mol. The van der Waals surface area contributed by atoms with Gasteiger partial charge in [0.15, 0.2) is 6.61 Å². The largest absolute Gasteiger partial charge is 0.468 e. The van der Waals surface area contributed by atoms with Crippen LogP contribution in [0.1, 0.15) is 29.4 Å². The minimum absolute atomic E-state index is 0.00668. The van der Waals surface area contributed by atoms with E-state index in [4.69, 9.17) is 5.26 Å². The Kier molecular flexibility index (Phi) is 9.38. The number of alkyl halides is 6. The summed E-state index contributed by atoms with van der Waals surface area (Å²) in [5.74, 6) is -1.01. The van der Waals surface area contributed by atoms with E-state index in [1.807, 2.05) is 13.0 Å². The SMILES string of the molecule is CCC#N.O=C(Nc1ccc(-n2nc(-c3cccnc3)cc2C(F)(F)F)cn1)c1ccc(OCC(F)(F)F)nc1. The van der Waals surface area contributed by atoms with Crippen molar-refractivity contribution < 1.29 is 35.9 Å². The molecule has 4 aromatic heterocycles. The van der Waals surface area contributed by atoms with Crippen LogP contribution in [0.3, 0.4) is 0 Å². The summed E-state index contributed by atoms with van der Waals surface area (Å²) in [6.07, 6.45) is -3.65. The Morgan fingerprint density at radius 1 is 1.05 bits per heavy atom. The first-order valence-corrected chi connectivity index (χ1v) is 11.3. The molecule has 208 valence electrons. The molecule has 0 saturated carbocycles. The van der Waals surface area contributed by atoms with Gasteiger partial charge in [0.1, 0.15) is 11.5 Å². The maximum atomic E-state index is 13.6. The number of carbonyl (C=O) groups is 1. The Morgan fingerprint density at radius 3 is 2.33 bits per heavy atom. The van der Waals surface area contributed by atoms with E-state index in [9.17, 15) is 31.1 Å². The molecule has 0 bridgehead atoms. The van der Waals surface area contributed by atoms with E-state index in [-0.39, 0.29) is 28.6 Å². The fourth-order valence-electron chi connectivity index (χ4n) is 2.96. The predicted octanol–water partition coefficient (Wildman–Crippen LogP) is 5.86. The lowest BCUT2D eigenvalue weighted by Crippen LogP contribution is -2.20. The first kappa shape index (κ1) is 29.6. The van der Waals surface area contributed by atoms with Crippen molar-refractivity contribution in [3.8, 4) is 28.9 Å². The number of nitriles is 1. The molecule has 0 spiro atoms.